The molecule has 1 aliphatic rings. The Hall–Kier alpha value is -0.670. The van der Waals surface area contributed by atoms with Crippen molar-refractivity contribution < 1.29 is 9.90 Å². The summed E-state index contributed by atoms with van der Waals surface area (Å²) in [6.07, 6.45) is 1.24. The molecule has 3 heteroatoms. The molecule has 1 unspecified atom stereocenters. The Bertz CT molecular complexity index is 325. The van der Waals surface area contributed by atoms with Gasteiger partial charge in [-0.1, -0.05) is 0 Å². The predicted octanol–water partition coefficient (Wildman–Crippen LogP) is 2.01. The van der Waals surface area contributed by atoms with E-state index in [1.165, 1.54) is 11.3 Å². The van der Waals surface area contributed by atoms with Gasteiger partial charge < -0.3 is 5.11 Å². The highest BCUT2D eigenvalue weighted by Crippen LogP contribution is 2.34. The summed E-state index contributed by atoms with van der Waals surface area (Å²) in [7, 11) is 0. The first-order valence-corrected chi connectivity index (χ1v) is 5.34. The average Bonchev–Trinajstić information content (AvgIpc) is 2.87. The summed E-state index contributed by atoms with van der Waals surface area (Å²) in [5.41, 5.74) is 0.981. The third-order valence-corrected chi connectivity index (χ3v) is 3.45. The molecule has 0 aromatic carbocycles. The number of hydrogen-bond donors (Lipinski definition) is 1. The molecule has 0 amide bonds. The second-order valence-corrected chi connectivity index (χ2v) is 4.50. The summed E-state index contributed by atoms with van der Waals surface area (Å²) in [6.45, 7) is 1.91. The largest absolute Gasteiger partial charge is 0.385 e. The van der Waals surface area contributed by atoms with Crippen LogP contribution in [0, 0.1) is 12.8 Å². The van der Waals surface area contributed by atoms with Crippen molar-refractivity contribution in [3.05, 3.63) is 21.9 Å². The van der Waals surface area contributed by atoms with Crippen LogP contribution in [-0.2, 0) is 0 Å². The second kappa shape index (κ2) is 3.24. The minimum Gasteiger partial charge on any atom is -0.385 e. The predicted molar refractivity (Wildman–Crippen MR) is 52.1 cm³/mol. The van der Waals surface area contributed by atoms with E-state index in [4.69, 9.17) is 0 Å². The zero-order valence-corrected chi connectivity index (χ0v) is 8.30. The number of rotatable bonds is 3. The molecule has 70 valence electrons. The van der Waals surface area contributed by atoms with E-state index >= 15 is 0 Å². The fourth-order valence-electron chi connectivity index (χ4n) is 1.39. The van der Waals surface area contributed by atoms with E-state index in [1.807, 2.05) is 18.4 Å². The van der Waals surface area contributed by atoms with Crippen LogP contribution < -0.4 is 0 Å². The molecule has 0 aliphatic heterocycles. The summed E-state index contributed by atoms with van der Waals surface area (Å²) in [6, 6.07) is 1.91. The Morgan fingerprint density at radius 2 is 2.38 bits per heavy atom. The summed E-state index contributed by atoms with van der Waals surface area (Å²) in [4.78, 5) is 12.4. The first kappa shape index (κ1) is 8.91. The van der Waals surface area contributed by atoms with E-state index in [9.17, 15) is 9.90 Å². The number of aryl methyl sites for hydroxylation is 1. The van der Waals surface area contributed by atoms with E-state index in [2.05, 4.69) is 0 Å². The first-order chi connectivity index (χ1) is 6.20. The number of aliphatic hydroxyl groups is 1. The smallest absolute Gasteiger partial charge is 0.201 e. The van der Waals surface area contributed by atoms with Gasteiger partial charge in [0.15, 0.2) is 0 Å². The number of carbonyl (C=O) groups excluding carboxylic acids is 1. The van der Waals surface area contributed by atoms with Crippen molar-refractivity contribution in [2.75, 3.05) is 0 Å². The number of hydrogen-bond acceptors (Lipinski definition) is 3. The van der Waals surface area contributed by atoms with E-state index in [0.29, 0.717) is 0 Å². The molecular weight excluding hydrogens is 184 g/mol. The summed E-state index contributed by atoms with van der Waals surface area (Å²) >= 11 is 1.42. The molecule has 1 saturated carbocycles. The monoisotopic (exact) mass is 196 g/mol. The number of ketones is 1. The van der Waals surface area contributed by atoms with Crippen LogP contribution in [0.2, 0.25) is 0 Å². The van der Waals surface area contributed by atoms with Gasteiger partial charge in [-0.15, -0.1) is 11.3 Å². The molecule has 0 bridgehead atoms. The van der Waals surface area contributed by atoms with Crippen molar-refractivity contribution in [1.29, 1.82) is 0 Å². The molecule has 1 aromatic rings. The molecule has 1 aliphatic carbocycles. The van der Waals surface area contributed by atoms with Crippen molar-refractivity contribution in [1.82, 2.24) is 0 Å². The number of aliphatic hydroxyl groups excluding tert-OH is 1. The SMILES string of the molecule is Cc1ccsc1C(=O)C(O)C1CC1. The maximum atomic E-state index is 11.7. The highest BCUT2D eigenvalue weighted by Gasteiger charge is 2.35. The molecule has 2 rings (SSSR count). The Morgan fingerprint density at radius 3 is 2.85 bits per heavy atom. The van der Waals surface area contributed by atoms with E-state index in [0.717, 1.165) is 23.3 Å². The molecule has 1 N–H and O–H groups in total. The molecule has 0 radical (unpaired) electrons. The van der Waals surface area contributed by atoms with Gasteiger partial charge in [-0.25, -0.2) is 0 Å². The van der Waals surface area contributed by atoms with Gasteiger partial charge in [-0.3, -0.25) is 4.79 Å². The zero-order chi connectivity index (χ0) is 9.42. The van der Waals surface area contributed by atoms with Gasteiger partial charge in [0.2, 0.25) is 5.78 Å². The molecule has 0 saturated heterocycles. The topological polar surface area (TPSA) is 37.3 Å². The van der Waals surface area contributed by atoms with Gasteiger partial charge in [-0.05, 0) is 42.7 Å². The maximum Gasteiger partial charge on any atom is 0.201 e. The zero-order valence-electron chi connectivity index (χ0n) is 7.49. The Labute approximate surface area is 81.2 Å². The van der Waals surface area contributed by atoms with Crippen LogP contribution >= 0.6 is 11.3 Å². The lowest BCUT2D eigenvalue weighted by Gasteiger charge is -2.06. The van der Waals surface area contributed by atoms with Crippen LogP contribution in [-0.4, -0.2) is 17.0 Å². The van der Waals surface area contributed by atoms with Gasteiger partial charge in [-0.2, -0.15) is 0 Å². The van der Waals surface area contributed by atoms with E-state index in [1.54, 1.807) is 0 Å². The lowest BCUT2D eigenvalue weighted by atomic mass is 10.1. The number of thiophene rings is 1. The second-order valence-electron chi connectivity index (χ2n) is 3.58. The minimum atomic E-state index is -0.752. The lowest BCUT2D eigenvalue weighted by Crippen LogP contribution is -2.22. The Balaban J connectivity index is 2.16. The van der Waals surface area contributed by atoms with Crippen LogP contribution in [0.1, 0.15) is 28.1 Å². The Kier molecular flexibility index (Phi) is 2.22. The van der Waals surface area contributed by atoms with Crippen LogP contribution in [0.3, 0.4) is 0 Å². The van der Waals surface area contributed by atoms with Crippen molar-refractivity contribution in [2.24, 2.45) is 5.92 Å². The first-order valence-electron chi connectivity index (χ1n) is 4.46. The van der Waals surface area contributed by atoms with E-state index in [-0.39, 0.29) is 11.7 Å². The van der Waals surface area contributed by atoms with Crippen molar-refractivity contribution >= 4 is 17.1 Å². The lowest BCUT2D eigenvalue weighted by molar-refractivity contribution is 0.0708. The van der Waals surface area contributed by atoms with Crippen molar-refractivity contribution in [2.45, 2.75) is 25.9 Å². The summed E-state index contributed by atoms with van der Waals surface area (Å²) in [5.74, 6) is 0.143. The molecular formula is C10H12O2S. The number of Topliss-reactive ketones (excluding diaryl/α,β-unsaturated/α-hetero) is 1. The number of carbonyl (C=O) groups is 1. The molecule has 1 atom stereocenters. The van der Waals surface area contributed by atoms with Crippen molar-refractivity contribution in [3.8, 4) is 0 Å². The van der Waals surface area contributed by atoms with Gasteiger partial charge in [0.25, 0.3) is 0 Å². The quantitative estimate of drug-likeness (QED) is 0.751. The van der Waals surface area contributed by atoms with Gasteiger partial charge in [0, 0.05) is 0 Å². The standard InChI is InChI=1S/C10H12O2S/c1-6-4-5-13-10(6)9(12)8(11)7-2-3-7/h4-5,7-8,11H,2-3H2,1H3. The maximum absolute atomic E-state index is 11.7. The van der Waals surface area contributed by atoms with Crippen LogP contribution in [0.5, 0.6) is 0 Å². The average molecular weight is 196 g/mol. The molecule has 13 heavy (non-hydrogen) atoms. The summed E-state index contributed by atoms with van der Waals surface area (Å²) < 4.78 is 0. The highest BCUT2D eigenvalue weighted by molar-refractivity contribution is 7.12. The van der Waals surface area contributed by atoms with Gasteiger partial charge in [0.05, 0.1) is 4.88 Å². The molecule has 1 aromatic heterocycles. The highest BCUT2D eigenvalue weighted by atomic mass is 32.1. The van der Waals surface area contributed by atoms with E-state index < -0.39 is 6.10 Å². The van der Waals surface area contributed by atoms with Crippen LogP contribution in [0.15, 0.2) is 11.4 Å². The fourth-order valence-corrected chi connectivity index (χ4v) is 2.28. The summed E-state index contributed by atoms with van der Waals surface area (Å²) in [5, 5.41) is 11.5. The third kappa shape index (κ3) is 1.67. The third-order valence-electron chi connectivity index (χ3n) is 2.42. The minimum absolute atomic E-state index is 0.0880. The Morgan fingerprint density at radius 1 is 1.69 bits per heavy atom. The molecule has 1 fully saturated rings. The molecule has 2 nitrogen and oxygen atoms in total. The van der Waals surface area contributed by atoms with Crippen molar-refractivity contribution in [3.63, 3.8) is 0 Å². The molecule has 1 heterocycles. The van der Waals surface area contributed by atoms with Gasteiger partial charge >= 0.3 is 0 Å². The normalized spacial score (nSPS) is 18.6. The van der Waals surface area contributed by atoms with Crippen LogP contribution in [0.4, 0.5) is 0 Å². The van der Waals surface area contributed by atoms with Gasteiger partial charge in [0.1, 0.15) is 6.10 Å². The fraction of sp³-hybridized carbons (Fsp3) is 0.500. The molecule has 0 spiro atoms. The van der Waals surface area contributed by atoms with Crippen LogP contribution in [0.25, 0.3) is 0 Å².